The summed E-state index contributed by atoms with van der Waals surface area (Å²) in [7, 11) is -9.82. The highest BCUT2D eigenvalue weighted by Gasteiger charge is 2.69. The van der Waals surface area contributed by atoms with E-state index in [1.807, 2.05) is 6.92 Å². The fraction of sp³-hybridized carbons (Fsp3) is 0.826. The van der Waals surface area contributed by atoms with Crippen molar-refractivity contribution in [1.29, 1.82) is 0 Å². The van der Waals surface area contributed by atoms with E-state index in [9.17, 15) is 9.59 Å². The van der Waals surface area contributed by atoms with Crippen molar-refractivity contribution >= 4 is 44.5 Å². The molecule has 1 aliphatic rings. The van der Waals surface area contributed by atoms with Gasteiger partial charge in [-0.2, -0.15) is 0 Å². The first-order chi connectivity index (χ1) is 15.0. The van der Waals surface area contributed by atoms with Crippen LogP contribution >= 0.6 is 0 Å². The predicted molar refractivity (Wildman–Crippen MR) is 146 cm³/mol. The first-order valence-electron chi connectivity index (χ1n) is 12.3. The summed E-state index contributed by atoms with van der Waals surface area (Å²) in [5, 5.41) is 0. The summed E-state index contributed by atoms with van der Waals surface area (Å²) in [5.41, 5.74) is -1.38. The molecule has 0 amide bonds. The molecular weight excluding hydrogens is 501 g/mol. The largest absolute Gasteiger partial charge is 0.460 e. The van der Waals surface area contributed by atoms with Gasteiger partial charge in [0.15, 0.2) is 16.6 Å². The maximum atomic E-state index is 12.9. The second kappa shape index (κ2) is 10.8. The Morgan fingerprint density at radius 3 is 1.94 bits per heavy atom. The SMILES string of the molecule is CCC(OC(=O)C=CC(=O)OC(C)(C)C)[Si]1(O[Si](C)(C)C)CCC(C)(C)O[Si]1(C)O[Si](C)(C)C. The Morgan fingerprint density at radius 1 is 1.00 bits per heavy atom. The minimum atomic E-state index is -2.90. The quantitative estimate of drug-likeness (QED) is 0.206. The van der Waals surface area contributed by atoms with Crippen molar-refractivity contribution in [2.24, 2.45) is 0 Å². The van der Waals surface area contributed by atoms with E-state index in [4.69, 9.17) is 22.1 Å². The minimum absolute atomic E-state index is 0.321. The summed E-state index contributed by atoms with van der Waals surface area (Å²) in [5.74, 6) is -1.15. The van der Waals surface area contributed by atoms with Gasteiger partial charge in [0, 0.05) is 12.2 Å². The molecular formula is C23H48O7Si4. The lowest BCUT2D eigenvalue weighted by molar-refractivity contribution is -0.149. The summed E-state index contributed by atoms with van der Waals surface area (Å²) in [6.45, 7) is 26.7. The lowest BCUT2D eigenvalue weighted by Crippen LogP contribution is -2.80. The Kier molecular flexibility index (Phi) is 10.0. The Labute approximate surface area is 211 Å². The van der Waals surface area contributed by atoms with E-state index in [2.05, 4.69) is 59.7 Å². The molecule has 0 radical (unpaired) electrons. The Bertz CT molecular complexity index is 761. The van der Waals surface area contributed by atoms with Crippen molar-refractivity contribution in [3.05, 3.63) is 12.2 Å². The van der Waals surface area contributed by atoms with Crippen LogP contribution in [0.3, 0.4) is 0 Å². The van der Waals surface area contributed by atoms with Crippen LogP contribution in [-0.4, -0.2) is 61.4 Å². The highest BCUT2D eigenvalue weighted by molar-refractivity contribution is 7.37. The molecule has 1 saturated heterocycles. The smallest absolute Gasteiger partial charge is 0.339 e. The monoisotopic (exact) mass is 548 g/mol. The van der Waals surface area contributed by atoms with Crippen molar-refractivity contribution in [3.63, 3.8) is 0 Å². The third kappa shape index (κ3) is 9.47. The molecule has 3 unspecified atom stereocenters. The van der Waals surface area contributed by atoms with E-state index < -0.39 is 55.8 Å². The molecule has 3 atom stereocenters. The molecule has 34 heavy (non-hydrogen) atoms. The van der Waals surface area contributed by atoms with Crippen molar-refractivity contribution in [2.45, 2.75) is 123 Å². The zero-order valence-electron chi connectivity index (χ0n) is 23.7. The zero-order chi connectivity index (χ0) is 26.8. The lowest BCUT2D eigenvalue weighted by Gasteiger charge is -2.57. The lowest BCUT2D eigenvalue weighted by atomic mass is 10.1. The molecule has 0 aliphatic carbocycles. The van der Waals surface area contributed by atoms with E-state index in [1.165, 1.54) is 0 Å². The van der Waals surface area contributed by atoms with E-state index in [0.29, 0.717) is 6.42 Å². The van der Waals surface area contributed by atoms with Gasteiger partial charge in [-0.25, -0.2) is 9.59 Å². The third-order valence-electron chi connectivity index (χ3n) is 5.24. The van der Waals surface area contributed by atoms with E-state index in [1.54, 1.807) is 20.8 Å². The van der Waals surface area contributed by atoms with Gasteiger partial charge in [0.2, 0.25) is 0 Å². The van der Waals surface area contributed by atoms with Gasteiger partial charge < -0.3 is 22.1 Å². The van der Waals surface area contributed by atoms with Crippen molar-refractivity contribution in [1.82, 2.24) is 0 Å². The number of rotatable bonds is 9. The number of carbonyl (C=O) groups is 2. The van der Waals surface area contributed by atoms with Crippen LogP contribution in [0.15, 0.2) is 12.2 Å². The predicted octanol–water partition coefficient (Wildman–Crippen LogP) is 5.74. The third-order valence-corrected chi connectivity index (χ3v) is 26.7. The fourth-order valence-corrected chi connectivity index (χ4v) is 35.0. The average Bonchev–Trinajstić information content (AvgIpc) is 2.56. The van der Waals surface area contributed by atoms with Gasteiger partial charge in [-0.15, -0.1) is 0 Å². The summed E-state index contributed by atoms with van der Waals surface area (Å²) in [6.07, 6.45) is 3.70. The normalized spacial score (nSPS) is 26.9. The molecule has 198 valence electrons. The van der Waals surface area contributed by atoms with E-state index in [-0.39, 0.29) is 5.60 Å². The van der Waals surface area contributed by atoms with E-state index >= 15 is 0 Å². The van der Waals surface area contributed by atoms with Gasteiger partial charge in [-0.1, -0.05) is 6.92 Å². The van der Waals surface area contributed by atoms with Crippen LogP contribution in [0.1, 0.15) is 54.4 Å². The van der Waals surface area contributed by atoms with Crippen molar-refractivity contribution in [2.75, 3.05) is 0 Å². The van der Waals surface area contributed by atoms with Crippen LogP contribution in [-0.2, 0) is 31.7 Å². The maximum absolute atomic E-state index is 12.9. The molecule has 11 heteroatoms. The molecule has 1 aliphatic heterocycles. The summed E-state index contributed by atoms with van der Waals surface area (Å²) >= 11 is 0. The first kappa shape index (κ1) is 31.5. The van der Waals surface area contributed by atoms with E-state index in [0.717, 1.165) is 24.6 Å². The number of ether oxygens (including phenoxy) is 2. The molecule has 1 fully saturated rings. The Hall–Kier alpha value is -0.572. The van der Waals surface area contributed by atoms with Crippen LogP contribution in [0, 0.1) is 0 Å². The summed E-state index contributed by atoms with van der Waals surface area (Å²) in [4.78, 5) is 24.9. The molecule has 7 nitrogen and oxygen atoms in total. The van der Waals surface area contributed by atoms with Crippen LogP contribution < -0.4 is 0 Å². The second-order valence-electron chi connectivity index (χ2n) is 12.8. The first-order valence-corrected chi connectivity index (χ1v) is 24.6. The van der Waals surface area contributed by atoms with Crippen LogP contribution in [0.4, 0.5) is 0 Å². The Morgan fingerprint density at radius 2 is 1.50 bits per heavy atom. The van der Waals surface area contributed by atoms with Gasteiger partial charge >= 0.3 is 20.0 Å². The molecule has 0 bridgehead atoms. The zero-order valence-corrected chi connectivity index (χ0v) is 27.7. The molecule has 0 aromatic carbocycles. The number of esters is 2. The molecule has 0 aromatic rings. The highest BCUT2D eigenvalue weighted by atomic mass is 29.3. The number of hydrogen-bond acceptors (Lipinski definition) is 7. The van der Waals surface area contributed by atoms with Gasteiger partial charge in [-0.3, -0.25) is 0 Å². The molecule has 0 aromatic heterocycles. The van der Waals surface area contributed by atoms with Gasteiger partial charge in [0.25, 0.3) is 7.83 Å². The summed E-state index contributed by atoms with van der Waals surface area (Å²) in [6, 6.07) is 0.818. The number of hydrogen-bond donors (Lipinski definition) is 0. The van der Waals surface area contributed by atoms with Gasteiger partial charge in [0.05, 0.1) is 5.60 Å². The average molecular weight is 549 g/mol. The van der Waals surface area contributed by atoms with Crippen molar-refractivity contribution in [3.8, 4) is 0 Å². The highest BCUT2D eigenvalue weighted by Crippen LogP contribution is 2.45. The maximum Gasteiger partial charge on any atom is 0.339 e. The van der Waals surface area contributed by atoms with Gasteiger partial charge in [0.1, 0.15) is 11.3 Å². The topological polar surface area (TPSA) is 80.3 Å². The van der Waals surface area contributed by atoms with Crippen LogP contribution in [0.25, 0.3) is 0 Å². The fourth-order valence-electron chi connectivity index (χ4n) is 4.44. The molecule has 1 heterocycles. The minimum Gasteiger partial charge on any atom is -0.460 e. The molecule has 0 spiro atoms. The molecule has 0 saturated carbocycles. The van der Waals surface area contributed by atoms with Gasteiger partial charge in [-0.05, 0) is 99.3 Å². The second-order valence-corrected chi connectivity index (χ2v) is 33.2. The Balaban J connectivity index is 3.41. The van der Waals surface area contributed by atoms with Crippen molar-refractivity contribution < 1.29 is 31.7 Å². The standard InChI is InChI=1S/C23H48O7Si4/c1-14-21(26-19(24)15-16-20(25)27-22(2,3)4)34(30-32(10,11)12)18-17-23(5,6)28-33(34,13)29-31(7,8)9/h15-16,21H,14,17-18H2,1-13H3. The molecule has 1 rings (SSSR count). The number of carbonyl (C=O) groups excluding carboxylic acids is 2. The van der Waals surface area contributed by atoms with Crippen LogP contribution in [0.2, 0.25) is 51.9 Å². The molecule has 0 N–H and O–H groups in total. The summed E-state index contributed by atoms with van der Waals surface area (Å²) < 4.78 is 32.2. The van der Waals surface area contributed by atoms with Crippen LogP contribution in [0.5, 0.6) is 0 Å².